The van der Waals surface area contributed by atoms with Gasteiger partial charge in [0, 0.05) is 32.8 Å². The number of carbonyl (C=O) groups excluding carboxylic acids is 1. The van der Waals surface area contributed by atoms with Gasteiger partial charge < -0.3 is 0 Å². The van der Waals surface area contributed by atoms with E-state index in [1.165, 1.54) is 0 Å². The van der Waals surface area contributed by atoms with Crippen LogP contribution in [0.3, 0.4) is 0 Å². The molecule has 3 atom stereocenters. The molecule has 7 heteroatoms. The van der Waals surface area contributed by atoms with Crippen LogP contribution in [0, 0.1) is 10.1 Å². The molecule has 1 aliphatic carbocycles. The summed E-state index contributed by atoms with van der Waals surface area (Å²) in [5, 5.41) is 13.1. The molecule has 2 aromatic carbocycles. The molecule has 0 amide bonds. The fraction of sp³-hybridized carbons (Fsp3) is 0.278. The fourth-order valence-electron chi connectivity index (χ4n) is 3.55. The number of benzene rings is 2. The van der Waals surface area contributed by atoms with Gasteiger partial charge in [0.15, 0.2) is 0 Å². The van der Waals surface area contributed by atoms with Crippen molar-refractivity contribution in [2.45, 2.75) is 30.7 Å². The van der Waals surface area contributed by atoms with Crippen LogP contribution in [-0.4, -0.2) is 16.7 Å². The Morgan fingerprint density at radius 1 is 0.920 bits per heavy atom. The highest BCUT2D eigenvalue weighted by Crippen LogP contribution is 2.45. The molecule has 0 spiro atoms. The highest BCUT2D eigenvalue weighted by Gasteiger charge is 2.47. The van der Waals surface area contributed by atoms with Gasteiger partial charge in [-0.1, -0.05) is 53.0 Å². The number of rotatable bonds is 3. The number of nitrogens with zero attached hydrogens (tertiary/aromatic N) is 1. The van der Waals surface area contributed by atoms with E-state index < -0.39 is 17.9 Å². The molecule has 25 heavy (non-hydrogen) atoms. The number of nitro groups is 1. The molecule has 130 valence electrons. The van der Waals surface area contributed by atoms with Crippen molar-refractivity contribution < 1.29 is 9.72 Å². The fourth-order valence-corrected chi connectivity index (χ4v) is 4.36. The lowest BCUT2D eigenvalue weighted by molar-refractivity contribution is -0.532. The molecule has 0 bridgehead atoms. The molecular weight excluding hydrogens is 385 g/mol. The summed E-state index contributed by atoms with van der Waals surface area (Å²) >= 11 is 18.4. The van der Waals surface area contributed by atoms with Crippen molar-refractivity contribution in [2.75, 3.05) is 0 Å². The van der Waals surface area contributed by atoms with E-state index in [9.17, 15) is 14.9 Å². The van der Waals surface area contributed by atoms with E-state index in [1.54, 1.807) is 42.5 Å². The zero-order chi connectivity index (χ0) is 18.1. The van der Waals surface area contributed by atoms with Crippen LogP contribution >= 0.6 is 34.8 Å². The summed E-state index contributed by atoms with van der Waals surface area (Å²) in [6.07, 6.45) is 0.172. The average Bonchev–Trinajstić information content (AvgIpc) is 2.54. The highest BCUT2D eigenvalue weighted by molar-refractivity contribution is 6.36. The van der Waals surface area contributed by atoms with Gasteiger partial charge in [-0.15, -0.1) is 0 Å². The smallest absolute Gasteiger partial charge is 0.227 e. The second kappa shape index (κ2) is 7.32. The van der Waals surface area contributed by atoms with Crippen molar-refractivity contribution in [1.82, 2.24) is 0 Å². The molecule has 1 aliphatic rings. The van der Waals surface area contributed by atoms with Crippen molar-refractivity contribution in [1.29, 1.82) is 0 Å². The normalized spacial score (nSPS) is 23.5. The Bertz CT molecular complexity index is 803. The van der Waals surface area contributed by atoms with Crippen LogP contribution in [0.4, 0.5) is 0 Å². The minimum atomic E-state index is -0.990. The molecule has 4 nitrogen and oxygen atoms in total. The van der Waals surface area contributed by atoms with Crippen molar-refractivity contribution in [3.63, 3.8) is 0 Å². The summed E-state index contributed by atoms with van der Waals surface area (Å²) in [5.74, 6) is -1.26. The molecule has 2 aromatic rings. The molecule has 3 rings (SSSR count). The molecule has 0 saturated heterocycles. The Hall–Kier alpha value is -1.62. The van der Waals surface area contributed by atoms with Crippen LogP contribution in [0.2, 0.25) is 15.1 Å². The third-order valence-corrected chi connectivity index (χ3v) is 5.54. The predicted octanol–water partition coefficient (Wildman–Crippen LogP) is 5.52. The summed E-state index contributed by atoms with van der Waals surface area (Å²) in [6, 6.07) is 10.8. The van der Waals surface area contributed by atoms with Gasteiger partial charge in [-0.2, -0.15) is 0 Å². The SMILES string of the molecule is O=C1C[C@@H](c2ccc(Cl)cc2)[C@@H]([N+](=O)[O-])[C@H](c2c(Cl)cccc2Cl)C1. The largest absolute Gasteiger partial charge is 0.300 e. The number of carbonyl (C=O) groups is 1. The van der Waals surface area contributed by atoms with Gasteiger partial charge in [-0.25, -0.2) is 0 Å². The van der Waals surface area contributed by atoms with Crippen molar-refractivity contribution in [3.8, 4) is 0 Å². The Morgan fingerprint density at radius 2 is 1.48 bits per heavy atom. The molecule has 0 unspecified atom stereocenters. The number of hydrogen-bond donors (Lipinski definition) is 0. The maximum Gasteiger partial charge on any atom is 0.227 e. The molecular formula is C18H14Cl3NO3. The zero-order valence-corrected chi connectivity index (χ0v) is 15.3. The van der Waals surface area contributed by atoms with Crippen LogP contribution in [0.5, 0.6) is 0 Å². The van der Waals surface area contributed by atoms with E-state index in [4.69, 9.17) is 34.8 Å². The minimum Gasteiger partial charge on any atom is -0.300 e. The second-order valence-corrected chi connectivity index (χ2v) is 7.37. The van der Waals surface area contributed by atoms with Gasteiger partial charge in [0.1, 0.15) is 5.78 Å². The third kappa shape index (κ3) is 3.66. The molecule has 1 fully saturated rings. The number of ketones is 1. The van der Waals surface area contributed by atoms with Gasteiger partial charge in [0.05, 0.1) is 11.8 Å². The van der Waals surface area contributed by atoms with Crippen LogP contribution < -0.4 is 0 Å². The maximum atomic E-state index is 12.4. The summed E-state index contributed by atoms with van der Waals surface area (Å²) in [7, 11) is 0. The van der Waals surface area contributed by atoms with Gasteiger partial charge in [0.25, 0.3) is 0 Å². The first-order valence-electron chi connectivity index (χ1n) is 7.73. The van der Waals surface area contributed by atoms with Crippen LogP contribution in [0.15, 0.2) is 42.5 Å². The summed E-state index contributed by atoms with van der Waals surface area (Å²) < 4.78 is 0. The second-order valence-electron chi connectivity index (χ2n) is 6.12. The first-order valence-corrected chi connectivity index (χ1v) is 8.86. The van der Waals surface area contributed by atoms with E-state index in [-0.39, 0.29) is 23.5 Å². The molecule has 0 aromatic heterocycles. The van der Waals surface area contributed by atoms with E-state index in [0.717, 1.165) is 0 Å². The lowest BCUT2D eigenvalue weighted by Gasteiger charge is -2.33. The molecule has 0 radical (unpaired) electrons. The lowest BCUT2D eigenvalue weighted by atomic mass is 9.71. The number of hydrogen-bond acceptors (Lipinski definition) is 3. The van der Waals surface area contributed by atoms with E-state index in [1.807, 2.05) is 0 Å². The van der Waals surface area contributed by atoms with Gasteiger partial charge in [-0.05, 0) is 35.4 Å². The summed E-state index contributed by atoms with van der Waals surface area (Å²) in [4.78, 5) is 23.9. The Kier molecular flexibility index (Phi) is 5.32. The lowest BCUT2D eigenvalue weighted by Crippen LogP contribution is -2.40. The molecule has 0 aliphatic heterocycles. The zero-order valence-electron chi connectivity index (χ0n) is 13.0. The monoisotopic (exact) mass is 397 g/mol. The topological polar surface area (TPSA) is 60.2 Å². The van der Waals surface area contributed by atoms with Crippen LogP contribution in [-0.2, 0) is 4.79 Å². The number of Topliss-reactive ketones (excluding diaryl/α,β-unsaturated/α-hetero) is 1. The number of halogens is 3. The van der Waals surface area contributed by atoms with Crippen LogP contribution in [0.25, 0.3) is 0 Å². The van der Waals surface area contributed by atoms with E-state index in [0.29, 0.717) is 26.2 Å². The Labute approximate surface area is 159 Å². The standard InChI is InChI=1S/C18H14Cl3NO3/c19-11-6-4-10(5-7-11)13-8-12(23)9-14(18(13)22(24)25)17-15(20)2-1-3-16(17)21/h1-7,13-14,18H,8-9H2/t13-,14-,18+/m0/s1. The van der Waals surface area contributed by atoms with Crippen molar-refractivity contribution >= 4 is 40.6 Å². The predicted molar refractivity (Wildman–Crippen MR) is 98.4 cm³/mol. The van der Waals surface area contributed by atoms with Crippen molar-refractivity contribution in [2.24, 2.45) is 0 Å². The molecule has 0 heterocycles. The van der Waals surface area contributed by atoms with E-state index in [2.05, 4.69) is 0 Å². The molecule has 1 saturated carbocycles. The van der Waals surface area contributed by atoms with Gasteiger partial charge in [0.2, 0.25) is 6.04 Å². The first-order chi connectivity index (χ1) is 11.9. The highest BCUT2D eigenvalue weighted by atomic mass is 35.5. The Balaban J connectivity index is 2.10. The minimum absolute atomic E-state index is 0.0426. The van der Waals surface area contributed by atoms with Crippen LogP contribution in [0.1, 0.15) is 35.8 Å². The van der Waals surface area contributed by atoms with Gasteiger partial charge >= 0.3 is 0 Å². The summed E-state index contributed by atoms with van der Waals surface area (Å²) in [5.41, 5.74) is 1.19. The third-order valence-electron chi connectivity index (χ3n) is 4.63. The average molecular weight is 399 g/mol. The van der Waals surface area contributed by atoms with Gasteiger partial charge in [-0.3, -0.25) is 14.9 Å². The first kappa shape index (κ1) is 18.2. The van der Waals surface area contributed by atoms with Crippen molar-refractivity contribution in [3.05, 3.63) is 78.8 Å². The maximum absolute atomic E-state index is 12.4. The summed E-state index contributed by atoms with van der Waals surface area (Å²) in [6.45, 7) is 0. The van der Waals surface area contributed by atoms with E-state index >= 15 is 0 Å². The quantitative estimate of drug-likeness (QED) is 0.505. The molecule has 0 N–H and O–H groups in total. The Morgan fingerprint density at radius 3 is 2.04 bits per heavy atom.